The number of benzene rings is 1. The third-order valence-electron chi connectivity index (χ3n) is 5.49. The van der Waals surface area contributed by atoms with Crippen LogP contribution in [0.2, 0.25) is 0 Å². The van der Waals surface area contributed by atoms with E-state index >= 15 is 0 Å². The van der Waals surface area contributed by atoms with Gasteiger partial charge in [-0.1, -0.05) is 57.5 Å². The summed E-state index contributed by atoms with van der Waals surface area (Å²) in [6.45, 7) is 12.0. The van der Waals surface area contributed by atoms with Gasteiger partial charge in [-0.15, -0.1) is 0 Å². The SMILES string of the molecule is CC(C)[C@@H]1CC[C@@H](C)C[C@H]1OC(=O)[C@H](Cc1ccccc1)NC(=O)OC(C)(C)C. The van der Waals surface area contributed by atoms with Crippen LogP contribution >= 0.6 is 0 Å². The van der Waals surface area contributed by atoms with E-state index in [1.165, 1.54) is 6.42 Å². The molecule has 5 heteroatoms. The Balaban J connectivity index is 2.13. The number of alkyl carbamates (subject to hydrolysis) is 1. The smallest absolute Gasteiger partial charge is 0.408 e. The molecular weight excluding hydrogens is 366 g/mol. The first-order chi connectivity index (χ1) is 13.5. The topological polar surface area (TPSA) is 64.6 Å². The molecule has 4 atom stereocenters. The molecule has 0 unspecified atom stereocenters. The zero-order valence-corrected chi connectivity index (χ0v) is 18.7. The molecule has 1 aliphatic carbocycles. The Morgan fingerprint density at radius 2 is 1.79 bits per heavy atom. The molecule has 1 aromatic rings. The van der Waals surface area contributed by atoms with Gasteiger partial charge in [0.25, 0.3) is 0 Å². The second-order valence-corrected chi connectivity index (χ2v) is 9.69. The highest BCUT2D eigenvalue weighted by Crippen LogP contribution is 2.35. The molecule has 0 bridgehead atoms. The van der Waals surface area contributed by atoms with Gasteiger partial charge in [-0.3, -0.25) is 0 Å². The van der Waals surface area contributed by atoms with Crippen molar-refractivity contribution in [3.8, 4) is 0 Å². The van der Waals surface area contributed by atoms with Gasteiger partial charge >= 0.3 is 12.1 Å². The molecule has 1 N–H and O–H groups in total. The number of hydrogen-bond donors (Lipinski definition) is 1. The van der Waals surface area contributed by atoms with Crippen LogP contribution < -0.4 is 5.32 Å². The lowest BCUT2D eigenvalue weighted by Gasteiger charge is -2.37. The van der Waals surface area contributed by atoms with Gasteiger partial charge in [-0.2, -0.15) is 0 Å². The summed E-state index contributed by atoms with van der Waals surface area (Å²) < 4.78 is 11.4. The predicted octanol–water partition coefficient (Wildman–Crippen LogP) is 5.13. The average molecular weight is 404 g/mol. The van der Waals surface area contributed by atoms with Gasteiger partial charge in [0.1, 0.15) is 17.7 Å². The van der Waals surface area contributed by atoms with Gasteiger partial charge in [0.2, 0.25) is 0 Å². The predicted molar refractivity (Wildman–Crippen MR) is 115 cm³/mol. The van der Waals surface area contributed by atoms with Crippen LogP contribution in [-0.2, 0) is 20.7 Å². The van der Waals surface area contributed by atoms with E-state index in [0.717, 1.165) is 18.4 Å². The number of ether oxygens (including phenoxy) is 2. The molecule has 29 heavy (non-hydrogen) atoms. The Kier molecular flexibility index (Phi) is 8.12. The molecule has 0 radical (unpaired) electrons. The van der Waals surface area contributed by atoms with Crippen molar-refractivity contribution in [3.05, 3.63) is 35.9 Å². The Labute approximate surface area is 175 Å². The van der Waals surface area contributed by atoms with Crippen LogP contribution in [0.5, 0.6) is 0 Å². The van der Waals surface area contributed by atoms with Crippen LogP contribution in [0.4, 0.5) is 4.79 Å². The van der Waals surface area contributed by atoms with E-state index < -0.39 is 17.7 Å². The van der Waals surface area contributed by atoms with Crippen molar-refractivity contribution in [2.75, 3.05) is 0 Å². The fraction of sp³-hybridized carbons (Fsp3) is 0.667. The number of hydrogen-bond acceptors (Lipinski definition) is 4. The molecule has 0 aliphatic heterocycles. The molecule has 0 spiro atoms. The van der Waals surface area contributed by atoms with Crippen LogP contribution in [-0.4, -0.2) is 29.8 Å². The van der Waals surface area contributed by atoms with E-state index in [4.69, 9.17) is 9.47 Å². The maximum atomic E-state index is 13.1. The van der Waals surface area contributed by atoms with E-state index in [2.05, 4.69) is 26.1 Å². The van der Waals surface area contributed by atoms with Crippen molar-refractivity contribution in [1.29, 1.82) is 0 Å². The summed E-state index contributed by atoms with van der Waals surface area (Å²) in [5.74, 6) is 0.958. The molecule has 5 nitrogen and oxygen atoms in total. The van der Waals surface area contributed by atoms with Crippen molar-refractivity contribution in [3.63, 3.8) is 0 Å². The largest absolute Gasteiger partial charge is 0.461 e. The third kappa shape index (κ3) is 7.71. The zero-order chi connectivity index (χ0) is 21.6. The van der Waals surface area contributed by atoms with Crippen LogP contribution in [0.15, 0.2) is 30.3 Å². The lowest BCUT2D eigenvalue weighted by atomic mass is 9.75. The minimum Gasteiger partial charge on any atom is -0.461 e. The molecule has 0 aromatic heterocycles. The highest BCUT2D eigenvalue weighted by molar-refractivity contribution is 5.82. The maximum Gasteiger partial charge on any atom is 0.408 e. The number of rotatable bonds is 6. The first-order valence-corrected chi connectivity index (χ1v) is 10.8. The first kappa shape index (κ1) is 23.2. The van der Waals surface area contributed by atoms with Gasteiger partial charge < -0.3 is 14.8 Å². The second kappa shape index (κ2) is 10.1. The summed E-state index contributed by atoms with van der Waals surface area (Å²) >= 11 is 0. The zero-order valence-electron chi connectivity index (χ0n) is 18.7. The van der Waals surface area contributed by atoms with E-state index in [1.54, 1.807) is 20.8 Å². The molecule has 1 aliphatic rings. The lowest BCUT2D eigenvalue weighted by molar-refractivity contribution is -0.158. The maximum absolute atomic E-state index is 13.1. The molecule has 1 aromatic carbocycles. The van der Waals surface area contributed by atoms with E-state index in [-0.39, 0.29) is 12.1 Å². The van der Waals surface area contributed by atoms with Crippen molar-refractivity contribution >= 4 is 12.1 Å². The standard InChI is InChI=1S/C24H37NO4/c1-16(2)19-13-12-17(3)14-21(19)28-22(26)20(15-18-10-8-7-9-11-18)25-23(27)29-24(4,5)6/h7-11,16-17,19-21H,12-15H2,1-6H3,(H,25,27)/t17-,19+,20+,21-/m1/s1. The first-order valence-electron chi connectivity index (χ1n) is 10.8. The molecular formula is C24H37NO4. The summed E-state index contributed by atoms with van der Waals surface area (Å²) in [6.07, 6.45) is 2.77. The molecule has 0 saturated heterocycles. The van der Waals surface area contributed by atoms with Crippen LogP contribution in [0.3, 0.4) is 0 Å². The van der Waals surface area contributed by atoms with Crippen molar-refractivity contribution in [2.24, 2.45) is 17.8 Å². The van der Waals surface area contributed by atoms with Crippen molar-refractivity contribution < 1.29 is 19.1 Å². The highest BCUT2D eigenvalue weighted by atomic mass is 16.6. The van der Waals surface area contributed by atoms with Crippen molar-refractivity contribution in [1.82, 2.24) is 5.32 Å². The summed E-state index contributed by atoms with van der Waals surface area (Å²) in [5.41, 5.74) is 0.329. The fourth-order valence-corrected chi connectivity index (χ4v) is 3.97. The van der Waals surface area contributed by atoms with Gasteiger partial charge in [-0.05, 0) is 56.9 Å². The number of amides is 1. The van der Waals surface area contributed by atoms with Crippen molar-refractivity contribution in [2.45, 2.75) is 85.0 Å². The lowest BCUT2D eigenvalue weighted by Crippen LogP contribution is -2.47. The highest BCUT2D eigenvalue weighted by Gasteiger charge is 2.35. The third-order valence-corrected chi connectivity index (χ3v) is 5.49. The summed E-state index contributed by atoms with van der Waals surface area (Å²) in [4.78, 5) is 25.4. The fourth-order valence-electron chi connectivity index (χ4n) is 3.97. The van der Waals surface area contributed by atoms with Gasteiger partial charge in [0.05, 0.1) is 0 Å². The van der Waals surface area contributed by atoms with Gasteiger partial charge in [-0.25, -0.2) is 9.59 Å². The minimum atomic E-state index is -0.780. The van der Waals surface area contributed by atoms with E-state index in [0.29, 0.717) is 24.2 Å². The number of nitrogens with one attached hydrogen (secondary N) is 1. The number of esters is 1. The summed E-state index contributed by atoms with van der Waals surface area (Å²) in [5, 5.41) is 2.73. The van der Waals surface area contributed by atoms with Gasteiger partial charge in [0, 0.05) is 6.42 Å². The molecule has 1 amide bonds. The summed E-state index contributed by atoms with van der Waals surface area (Å²) in [6, 6.07) is 8.87. The monoisotopic (exact) mass is 403 g/mol. The Morgan fingerprint density at radius 1 is 1.14 bits per heavy atom. The normalized spacial score (nSPS) is 23.3. The van der Waals surface area contributed by atoms with Crippen LogP contribution in [0.25, 0.3) is 0 Å². The Bertz CT molecular complexity index is 665. The number of carbonyl (C=O) groups is 2. The van der Waals surface area contributed by atoms with E-state index in [9.17, 15) is 9.59 Å². The molecule has 1 saturated carbocycles. The quantitative estimate of drug-likeness (QED) is 0.669. The second-order valence-electron chi connectivity index (χ2n) is 9.69. The summed E-state index contributed by atoms with van der Waals surface area (Å²) in [7, 11) is 0. The molecule has 2 rings (SSSR count). The number of carbonyl (C=O) groups excluding carboxylic acids is 2. The van der Waals surface area contributed by atoms with Crippen LogP contribution in [0, 0.1) is 17.8 Å². The van der Waals surface area contributed by atoms with Gasteiger partial charge in [0.15, 0.2) is 0 Å². The Morgan fingerprint density at radius 3 is 2.38 bits per heavy atom. The van der Waals surface area contributed by atoms with E-state index in [1.807, 2.05) is 30.3 Å². The molecule has 1 fully saturated rings. The van der Waals surface area contributed by atoms with Crippen LogP contribution in [0.1, 0.15) is 66.4 Å². The molecule has 162 valence electrons. The average Bonchev–Trinajstić information content (AvgIpc) is 2.60. The Hall–Kier alpha value is -2.04. The minimum absolute atomic E-state index is 0.107. The molecule has 0 heterocycles.